The molecule has 0 aliphatic heterocycles. The summed E-state index contributed by atoms with van der Waals surface area (Å²) in [6, 6.07) is 1.27. The van der Waals surface area contributed by atoms with Crippen LogP contribution in [0.5, 0.6) is 0 Å². The third-order valence-electron chi connectivity index (χ3n) is 1.87. The zero-order valence-electron chi connectivity index (χ0n) is 7.50. The van der Waals surface area contributed by atoms with Crippen molar-refractivity contribution < 1.29 is 9.50 Å². The molecule has 13 heavy (non-hydrogen) atoms. The van der Waals surface area contributed by atoms with Crippen LogP contribution in [0.1, 0.15) is 18.9 Å². The van der Waals surface area contributed by atoms with E-state index in [0.29, 0.717) is 12.0 Å². The quantitative estimate of drug-likeness (QED) is 0.723. The molecule has 2 nitrogen and oxygen atoms in total. The molecule has 0 saturated heterocycles. The predicted octanol–water partition coefficient (Wildman–Crippen LogP) is 2.00. The summed E-state index contributed by atoms with van der Waals surface area (Å²) in [7, 11) is 0. The fourth-order valence-electron chi connectivity index (χ4n) is 1.11. The Balaban J connectivity index is 2.99. The van der Waals surface area contributed by atoms with Crippen LogP contribution in [0.3, 0.4) is 0 Å². The summed E-state index contributed by atoms with van der Waals surface area (Å²) in [4.78, 5) is 3.66. The summed E-state index contributed by atoms with van der Waals surface area (Å²) in [5, 5.41) is 9.83. The molecule has 1 unspecified atom stereocenters. The van der Waals surface area contributed by atoms with E-state index in [1.54, 1.807) is 13.0 Å². The minimum Gasteiger partial charge on any atom is -0.385 e. The summed E-state index contributed by atoms with van der Waals surface area (Å²) in [6.07, 6.45) is 4.52. The first-order valence-corrected chi connectivity index (χ1v) is 4.00. The Morgan fingerprint density at radius 1 is 1.69 bits per heavy atom. The van der Waals surface area contributed by atoms with Gasteiger partial charge in [-0.2, -0.15) is 0 Å². The Hall–Kier alpha value is -1.22. The Morgan fingerprint density at radius 2 is 2.38 bits per heavy atom. The van der Waals surface area contributed by atoms with Gasteiger partial charge in [0.2, 0.25) is 0 Å². The Labute approximate surface area is 76.7 Å². The van der Waals surface area contributed by atoms with E-state index in [4.69, 9.17) is 0 Å². The number of aliphatic hydroxyl groups is 1. The third kappa shape index (κ3) is 2.36. The van der Waals surface area contributed by atoms with Crippen molar-refractivity contribution in [3.63, 3.8) is 0 Å². The molecule has 0 saturated carbocycles. The molecule has 0 aliphatic carbocycles. The molecular formula is C10H12FNO. The fourth-order valence-corrected chi connectivity index (χ4v) is 1.11. The summed E-state index contributed by atoms with van der Waals surface area (Å²) < 4.78 is 12.7. The fraction of sp³-hybridized carbons (Fsp3) is 0.300. The smallest absolute Gasteiger partial charge is 0.141 e. The molecule has 0 amide bonds. The Morgan fingerprint density at radius 3 is 2.92 bits per heavy atom. The molecule has 1 heterocycles. The number of halogens is 1. The topological polar surface area (TPSA) is 33.1 Å². The first-order chi connectivity index (χ1) is 6.06. The van der Waals surface area contributed by atoms with Crippen molar-refractivity contribution in [3.8, 4) is 0 Å². The minimum absolute atomic E-state index is 0.373. The summed E-state index contributed by atoms with van der Waals surface area (Å²) in [5.41, 5.74) is -0.621. The van der Waals surface area contributed by atoms with Crippen molar-refractivity contribution in [1.29, 1.82) is 0 Å². The number of nitrogens with zero attached hydrogens (tertiary/aromatic N) is 1. The molecule has 0 aliphatic rings. The maximum Gasteiger partial charge on any atom is 0.141 e. The molecule has 70 valence electrons. The lowest BCUT2D eigenvalue weighted by atomic mass is 9.94. The van der Waals surface area contributed by atoms with Crippen LogP contribution in [0.25, 0.3) is 0 Å². The van der Waals surface area contributed by atoms with Crippen LogP contribution in [-0.4, -0.2) is 10.1 Å². The average Bonchev–Trinajstić information content (AvgIpc) is 2.04. The number of rotatable bonds is 3. The highest BCUT2D eigenvalue weighted by Crippen LogP contribution is 2.24. The highest BCUT2D eigenvalue weighted by molar-refractivity contribution is 5.18. The number of hydrogen-bond donors (Lipinski definition) is 1. The van der Waals surface area contributed by atoms with Crippen molar-refractivity contribution in [2.45, 2.75) is 18.9 Å². The maximum atomic E-state index is 12.7. The maximum absolute atomic E-state index is 12.7. The van der Waals surface area contributed by atoms with Crippen LogP contribution in [0.4, 0.5) is 4.39 Å². The lowest BCUT2D eigenvalue weighted by Gasteiger charge is -2.21. The molecule has 1 N–H and O–H groups in total. The van der Waals surface area contributed by atoms with Crippen molar-refractivity contribution in [2.75, 3.05) is 0 Å². The van der Waals surface area contributed by atoms with Gasteiger partial charge in [-0.15, -0.1) is 6.58 Å². The zero-order chi connectivity index (χ0) is 9.90. The second-order valence-corrected chi connectivity index (χ2v) is 3.16. The van der Waals surface area contributed by atoms with Crippen LogP contribution < -0.4 is 0 Å². The number of aromatic nitrogens is 1. The van der Waals surface area contributed by atoms with Gasteiger partial charge >= 0.3 is 0 Å². The van der Waals surface area contributed by atoms with Crippen molar-refractivity contribution in [1.82, 2.24) is 4.98 Å². The molecule has 0 radical (unpaired) electrons. The van der Waals surface area contributed by atoms with Crippen LogP contribution in [0.2, 0.25) is 0 Å². The predicted molar refractivity (Wildman–Crippen MR) is 48.6 cm³/mol. The highest BCUT2D eigenvalue weighted by atomic mass is 19.1. The van der Waals surface area contributed by atoms with E-state index in [2.05, 4.69) is 11.6 Å². The van der Waals surface area contributed by atoms with Gasteiger partial charge in [0.15, 0.2) is 0 Å². The Bertz CT molecular complexity index is 310. The third-order valence-corrected chi connectivity index (χ3v) is 1.87. The second kappa shape index (κ2) is 3.66. The van der Waals surface area contributed by atoms with E-state index < -0.39 is 11.4 Å². The number of pyridine rings is 1. The molecule has 0 fully saturated rings. The monoisotopic (exact) mass is 181 g/mol. The van der Waals surface area contributed by atoms with Crippen LogP contribution in [-0.2, 0) is 5.60 Å². The molecule has 3 heteroatoms. The van der Waals surface area contributed by atoms with Gasteiger partial charge in [0.05, 0.1) is 11.8 Å². The molecule has 0 spiro atoms. The second-order valence-electron chi connectivity index (χ2n) is 3.16. The molecule has 1 atom stereocenters. The normalized spacial score (nSPS) is 15.0. The molecule has 1 aromatic heterocycles. The van der Waals surface area contributed by atoms with Gasteiger partial charge in [-0.05, 0) is 19.4 Å². The minimum atomic E-state index is -1.09. The molecular weight excluding hydrogens is 169 g/mol. The van der Waals surface area contributed by atoms with E-state index in [0.717, 1.165) is 6.20 Å². The lowest BCUT2D eigenvalue weighted by molar-refractivity contribution is 0.0599. The van der Waals surface area contributed by atoms with E-state index in [9.17, 15) is 9.50 Å². The zero-order valence-corrected chi connectivity index (χ0v) is 7.50. The molecule has 1 aromatic rings. The van der Waals surface area contributed by atoms with Crippen molar-refractivity contribution in [2.24, 2.45) is 0 Å². The van der Waals surface area contributed by atoms with Crippen LogP contribution in [0.15, 0.2) is 31.1 Å². The first-order valence-electron chi connectivity index (χ1n) is 4.00. The van der Waals surface area contributed by atoms with Gasteiger partial charge in [0.25, 0.3) is 0 Å². The summed E-state index contributed by atoms with van der Waals surface area (Å²) in [6.45, 7) is 5.12. The van der Waals surface area contributed by atoms with Gasteiger partial charge in [0.1, 0.15) is 5.82 Å². The van der Waals surface area contributed by atoms with E-state index >= 15 is 0 Å². The highest BCUT2D eigenvalue weighted by Gasteiger charge is 2.21. The molecule has 0 aromatic carbocycles. The van der Waals surface area contributed by atoms with Gasteiger partial charge in [-0.1, -0.05) is 6.08 Å². The number of hydrogen-bond acceptors (Lipinski definition) is 2. The largest absolute Gasteiger partial charge is 0.385 e. The summed E-state index contributed by atoms with van der Waals surface area (Å²) in [5.74, 6) is -0.443. The van der Waals surface area contributed by atoms with Gasteiger partial charge in [-0.25, -0.2) is 4.39 Å². The Kier molecular flexibility index (Phi) is 2.78. The first kappa shape index (κ1) is 9.86. The van der Waals surface area contributed by atoms with Crippen LogP contribution >= 0.6 is 0 Å². The van der Waals surface area contributed by atoms with Gasteiger partial charge in [0, 0.05) is 11.8 Å². The standard InChI is InChI=1S/C10H12FNO/c1-3-4-10(2,13)8-5-9(11)7-12-6-8/h3,5-7,13H,1,4H2,2H3. The van der Waals surface area contributed by atoms with Crippen LogP contribution in [0, 0.1) is 5.82 Å². The SMILES string of the molecule is C=CCC(C)(O)c1cncc(F)c1. The van der Waals surface area contributed by atoms with Crippen molar-refractivity contribution >= 4 is 0 Å². The molecule has 1 rings (SSSR count). The van der Waals surface area contributed by atoms with Gasteiger partial charge in [-0.3, -0.25) is 4.98 Å². The van der Waals surface area contributed by atoms with E-state index in [-0.39, 0.29) is 0 Å². The summed E-state index contributed by atoms with van der Waals surface area (Å²) >= 11 is 0. The van der Waals surface area contributed by atoms with E-state index in [1.807, 2.05) is 0 Å². The lowest BCUT2D eigenvalue weighted by Crippen LogP contribution is -2.20. The van der Waals surface area contributed by atoms with Crippen molar-refractivity contribution in [3.05, 3.63) is 42.5 Å². The van der Waals surface area contributed by atoms with Gasteiger partial charge < -0.3 is 5.11 Å². The average molecular weight is 181 g/mol. The molecule has 0 bridgehead atoms. The van der Waals surface area contributed by atoms with E-state index in [1.165, 1.54) is 12.3 Å².